The van der Waals surface area contributed by atoms with Crippen LogP contribution in [0.2, 0.25) is 5.02 Å². The Labute approximate surface area is 133 Å². The maximum absolute atomic E-state index is 11.9. The summed E-state index contributed by atoms with van der Waals surface area (Å²) in [6.45, 7) is 1.02. The quantitative estimate of drug-likeness (QED) is 0.943. The van der Waals surface area contributed by atoms with Crippen LogP contribution in [0.1, 0.15) is 19.3 Å². The van der Waals surface area contributed by atoms with E-state index in [4.69, 9.17) is 16.3 Å². The lowest BCUT2D eigenvalue weighted by Gasteiger charge is -2.27. The normalized spacial score (nSPS) is 22.2. The van der Waals surface area contributed by atoms with Gasteiger partial charge in [-0.05, 0) is 30.5 Å². The molecule has 3 rings (SSSR count). The average molecular weight is 321 g/mol. The predicted octanol–water partition coefficient (Wildman–Crippen LogP) is 3.18. The van der Waals surface area contributed by atoms with E-state index in [1.807, 2.05) is 18.2 Å². The first kappa shape index (κ1) is 15.1. The smallest absolute Gasteiger partial charge is 0.331 e. The first-order valence-electron chi connectivity index (χ1n) is 7.24. The lowest BCUT2D eigenvalue weighted by molar-refractivity contribution is -0.149. The third-order valence-electron chi connectivity index (χ3n) is 4.12. The summed E-state index contributed by atoms with van der Waals surface area (Å²) in [6, 6.07) is 7.43. The highest BCUT2D eigenvalue weighted by molar-refractivity contribution is 6.30. The maximum Gasteiger partial charge on any atom is 0.331 e. The number of aliphatic carboxylic acids is 1. The fourth-order valence-corrected chi connectivity index (χ4v) is 3.04. The van der Waals surface area contributed by atoms with Crippen LogP contribution in [0.5, 0.6) is 0 Å². The van der Waals surface area contributed by atoms with Gasteiger partial charge in [-0.2, -0.15) is 5.10 Å². The Bertz CT molecular complexity index is 676. The van der Waals surface area contributed by atoms with Crippen molar-refractivity contribution in [1.82, 2.24) is 9.78 Å². The second kappa shape index (κ2) is 6.10. The number of hydrogen-bond acceptors (Lipinski definition) is 3. The van der Waals surface area contributed by atoms with Gasteiger partial charge in [-0.1, -0.05) is 23.7 Å². The van der Waals surface area contributed by atoms with E-state index in [9.17, 15) is 9.90 Å². The number of rotatable bonds is 3. The Morgan fingerprint density at radius 2 is 2.18 bits per heavy atom. The van der Waals surface area contributed by atoms with Crippen LogP contribution in [0.4, 0.5) is 0 Å². The van der Waals surface area contributed by atoms with Crippen molar-refractivity contribution in [2.45, 2.75) is 24.8 Å². The van der Waals surface area contributed by atoms with Gasteiger partial charge in [0.1, 0.15) is 0 Å². The molecule has 0 saturated carbocycles. The van der Waals surface area contributed by atoms with Gasteiger partial charge < -0.3 is 9.84 Å². The lowest BCUT2D eigenvalue weighted by Crippen LogP contribution is -2.42. The van der Waals surface area contributed by atoms with Crippen LogP contribution in [-0.4, -0.2) is 34.1 Å². The molecule has 2 aromatic rings. The number of benzene rings is 1. The van der Waals surface area contributed by atoms with Gasteiger partial charge in [-0.3, -0.25) is 4.68 Å². The number of halogens is 1. The lowest BCUT2D eigenvalue weighted by atomic mass is 9.91. The fraction of sp³-hybridized carbons (Fsp3) is 0.375. The first-order chi connectivity index (χ1) is 10.6. The van der Waals surface area contributed by atoms with Crippen molar-refractivity contribution in [2.24, 2.45) is 0 Å². The molecule has 0 spiro atoms. The predicted molar refractivity (Wildman–Crippen MR) is 83.0 cm³/mol. The number of nitrogens with zero attached hydrogens (tertiary/aromatic N) is 2. The van der Waals surface area contributed by atoms with E-state index >= 15 is 0 Å². The van der Waals surface area contributed by atoms with Gasteiger partial charge in [0, 0.05) is 36.4 Å². The summed E-state index contributed by atoms with van der Waals surface area (Å²) in [6.07, 6.45) is 5.10. The fourth-order valence-electron chi connectivity index (χ4n) is 2.85. The number of carboxylic acids is 1. The molecule has 0 bridgehead atoms. The average Bonchev–Trinajstić information content (AvgIpc) is 2.86. The van der Waals surface area contributed by atoms with Gasteiger partial charge in [0.2, 0.25) is 0 Å². The molecule has 1 fully saturated rings. The highest BCUT2D eigenvalue weighted by Gasteiger charge is 2.41. The van der Waals surface area contributed by atoms with Crippen LogP contribution >= 0.6 is 11.6 Å². The molecule has 1 aliphatic rings. The van der Waals surface area contributed by atoms with Crippen LogP contribution in [-0.2, 0) is 15.1 Å². The summed E-state index contributed by atoms with van der Waals surface area (Å²) in [5.41, 5.74) is 0.741. The molecule has 22 heavy (non-hydrogen) atoms. The molecule has 1 aliphatic heterocycles. The molecule has 1 aromatic heterocycles. The minimum atomic E-state index is -1.03. The molecular weight excluding hydrogens is 304 g/mol. The molecule has 116 valence electrons. The molecule has 0 aliphatic carbocycles. The Morgan fingerprint density at radius 3 is 2.95 bits per heavy atom. The molecule has 0 radical (unpaired) electrons. The summed E-state index contributed by atoms with van der Waals surface area (Å²) >= 11 is 6.01. The van der Waals surface area contributed by atoms with E-state index in [-0.39, 0.29) is 0 Å². The van der Waals surface area contributed by atoms with Crippen molar-refractivity contribution in [3.63, 3.8) is 0 Å². The summed E-state index contributed by atoms with van der Waals surface area (Å²) < 4.78 is 6.98. The van der Waals surface area contributed by atoms with Gasteiger partial charge in [-0.25, -0.2) is 4.79 Å². The number of aromatic nitrogens is 2. The van der Waals surface area contributed by atoms with Crippen molar-refractivity contribution < 1.29 is 14.6 Å². The van der Waals surface area contributed by atoms with Gasteiger partial charge >= 0.3 is 5.97 Å². The number of carbonyl (C=O) groups is 1. The molecule has 1 atom stereocenters. The molecule has 1 unspecified atom stereocenters. The van der Waals surface area contributed by atoms with Gasteiger partial charge in [0.05, 0.1) is 6.20 Å². The van der Waals surface area contributed by atoms with Crippen LogP contribution in [0.15, 0.2) is 36.7 Å². The van der Waals surface area contributed by atoms with Crippen LogP contribution in [0.25, 0.3) is 11.1 Å². The molecule has 0 amide bonds. The number of ether oxygens (including phenoxy) is 1. The van der Waals surface area contributed by atoms with Crippen molar-refractivity contribution >= 4 is 17.6 Å². The molecule has 5 nitrogen and oxygen atoms in total. The van der Waals surface area contributed by atoms with Crippen LogP contribution in [0.3, 0.4) is 0 Å². The minimum absolute atomic E-state index is 0.416. The minimum Gasteiger partial charge on any atom is -0.479 e. The molecule has 2 heterocycles. The van der Waals surface area contributed by atoms with E-state index in [0.717, 1.165) is 11.1 Å². The summed E-state index contributed by atoms with van der Waals surface area (Å²) in [7, 11) is 0. The second-order valence-corrected chi connectivity index (χ2v) is 5.92. The third-order valence-corrected chi connectivity index (χ3v) is 4.35. The van der Waals surface area contributed by atoms with Crippen LogP contribution in [0, 0.1) is 0 Å². The number of carboxylic acid groups (broad SMARTS) is 1. The first-order valence-corrected chi connectivity index (χ1v) is 7.62. The molecular formula is C16H17ClN2O3. The number of hydrogen-bond donors (Lipinski definition) is 1. The SMILES string of the molecule is O=C(O)C1(n2cc(-c3cccc(Cl)c3)cn2)CCCOCC1. The van der Waals surface area contributed by atoms with Gasteiger partial charge in [0.25, 0.3) is 0 Å². The molecule has 1 N–H and O–H groups in total. The molecule has 1 saturated heterocycles. The van der Waals surface area contributed by atoms with Crippen molar-refractivity contribution in [3.05, 3.63) is 41.7 Å². The standard InChI is InChI=1S/C16H17ClN2O3/c17-14-4-1-3-12(9-14)13-10-18-19(11-13)16(15(20)21)5-2-7-22-8-6-16/h1,3-4,9-11H,2,5-8H2,(H,20,21). The maximum atomic E-state index is 11.9. The highest BCUT2D eigenvalue weighted by Crippen LogP contribution is 2.31. The largest absolute Gasteiger partial charge is 0.479 e. The summed E-state index contributed by atoms with van der Waals surface area (Å²) in [5, 5.41) is 14.7. The monoisotopic (exact) mass is 320 g/mol. The van der Waals surface area contributed by atoms with Gasteiger partial charge in [-0.15, -0.1) is 0 Å². The van der Waals surface area contributed by atoms with E-state index in [1.54, 1.807) is 23.1 Å². The van der Waals surface area contributed by atoms with Crippen molar-refractivity contribution in [2.75, 3.05) is 13.2 Å². The molecule has 1 aromatic carbocycles. The van der Waals surface area contributed by atoms with E-state index in [1.165, 1.54) is 0 Å². The Kier molecular flexibility index (Phi) is 4.18. The Morgan fingerprint density at radius 1 is 1.32 bits per heavy atom. The van der Waals surface area contributed by atoms with Crippen LogP contribution < -0.4 is 0 Å². The summed E-state index contributed by atoms with van der Waals surface area (Å²) in [4.78, 5) is 11.9. The zero-order valence-electron chi connectivity index (χ0n) is 12.0. The summed E-state index contributed by atoms with van der Waals surface area (Å²) in [5.74, 6) is -0.862. The topological polar surface area (TPSA) is 64.3 Å². The third kappa shape index (κ3) is 2.74. The van der Waals surface area contributed by atoms with Gasteiger partial charge in [0.15, 0.2) is 5.54 Å². The van der Waals surface area contributed by atoms with E-state index in [0.29, 0.717) is 37.5 Å². The molecule has 6 heteroatoms. The second-order valence-electron chi connectivity index (χ2n) is 5.49. The Hall–Kier alpha value is -1.85. The van der Waals surface area contributed by atoms with E-state index < -0.39 is 11.5 Å². The van der Waals surface area contributed by atoms with E-state index in [2.05, 4.69) is 5.10 Å². The van der Waals surface area contributed by atoms with Crippen molar-refractivity contribution in [3.8, 4) is 11.1 Å². The van der Waals surface area contributed by atoms with Crippen molar-refractivity contribution in [1.29, 1.82) is 0 Å². The zero-order chi connectivity index (χ0) is 15.6. The Balaban J connectivity index is 1.98. The zero-order valence-corrected chi connectivity index (χ0v) is 12.8. The highest BCUT2D eigenvalue weighted by atomic mass is 35.5.